The Morgan fingerprint density at radius 1 is 1.36 bits per heavy atom. The molecule has 0 saturated carbocycles. The summed E-state index contributed by atoms with van der Waals surface area (Å²) in [5, 5.41) is 12.2. The van der Waals surface area contributed by atoms with Crippen molar-refractivity contribution in [2.24, 2.45) is 11.8 Å². The highest BCUT2D eigenvalue weighted by molar-refractivity contribution is 6.83. The van der Waals surface area contributed by atoms with E-state index in [-0.39, 0.29) is 10.8 Å². The van der Waals surface area contributed by atoms with Crippen LogP contribution < -0.4 is 0 Å². The summed E-state index contributed by atoms with van der Waals surface area (Å²) in [5.41, 5.74) is 0.525. The first-order valence-electron chi connectivity index (χ1n) is 4.98. The van der Waals surface area contributed by atoms with Gasteiger partial charge < -0.3 is 0 Å². The van der Waals surface area contributed by atoms with Crippen molar-refractivity contribution in [2.75, 3.05) is 0 Å². The van der Waals surface area contributed by atoms with Crippen molar-refractivity contribution in [2.45, 2.75) is 26.1 Å². The zero-order valence-corrected chi connectivity index (χ0v) is 9.78. The predicted octanol–water partition coefficient (Wildman–Crippen LogP) is 2.60. The third-order valence-electron chi connectivity index (χ3n) is 3.09. The van der Waals surface area contributed by atoms with Crippen molar-refractivity contribution in [3.05, 3.63) is 33.2 Å². The minimum absolute atomic E-state index is 0.108. The Kier molecular flexibility index (Phi) is 1.92. The Labute approximate surface area is 84.7 Å². The molecule has 4 heteroatoms. The summed E-state index contributed by atoms with van der Waals surface area (Å²) >= 11 is 0. The first-order chi connectivity index (χ1) is 6.41. The van der Waals surface area contributed by atoms with Crippen molar-refractivity contribution >= 4 is 8.07 Å². The smallest absolute Gasteiger partial charge is 0.249 e. The number of allylic oxidation sites excluding steroid dienone is 3. The van der Waals surface area contributed by atoms with E-state index in [1.807, 2.05) is 6.08 Å². The van der Waals surface area contributed by atoms with E-state index in [1.165, 1.54) is 5.20 Å². The molecule has 0 aromatic carbocycles. The Balaban J connectivity index is 2.49. The molecule has 0 aliphatic heterocycles. The Hall–Kier alpha value is -0.903. The molecule has 0 aromatic rings. The molecule has 0 aromatic heterocycles. The maximum atomic E-state index is 11.0. The van der Waals surface area contributed by atoms with Crippen LogP contribution in [-0.4, -0.2) is 13.0 Å². The van der Waals surface area contributed by atoms with Gasteiger partial charge in [0.25, 0.3) is 0 Å². The van der Waals surface area contributed by atoms with Gasteiger partial charge in [-0.2, -0.15) is 0 Å². The molecule has 0 spiro atoms. The van der Waals surface area contributed by atoms with Crippen LogP contribution in [0.3, 0.4) is 0 Å². The summed E-state index contributed by atoms with van der Waals surface area (Å²) in [4.78, 5) is 10.8. The molecule has 2 rings (SSSR count). The van der Waals surface area contributed by atoms with Gasteiger partial charge in [-0.1, -0.05) is 31.8 Å². The van der Waals surface area contributed by atoms with Crippen molar-refractivity contribution in [1.82, 2.24) is 0 Å². The lowest BCUT2D eigenvalue weighted by molar-refractivity contribution is -0.431. The second kappa shape index (κ2) is 2.79. The number of hydrogen-bond acceptors (Lipinski definition) is 2. The Morgan fingerprint density at radius 2 is 1.93 bits per heavy atom. The molecule has 0 fully saturated rings. The van der Waals surface area contributed by atoms with E-state index in [2.05, 4.69) is 25.7 Å². The SMILES string of the molecule is C[Si](C)(C)C1=C([N+](=O)[O-])C2C=CC1C2. The number of rotatable bonds is 2. The minimum atomic E-state index is -1.52. The molecule has 0 heterocycles. The normalized spacial score (nSPS) is 30.2. The number of nitrogens with zero attached hydrogens (tertiary/aromatic N) is 1. The summed E-state index contributed by atoms with van der Waals surface area (Å²) < 4.78 is 0. The van der Waals surface area contributed by atoms with Crippen LogP contribution in [0, 0.1) is 22.0 Å². The number of fused-ring (bicyclic) bond motifs is 2. The molecule has 2 bridgehead atoms. The largest absolute Gasteiger partial charge is 0.259 e. The van der Waals surface area contributed by atoms with Crippen molar-refractivity contribution in [3.63, 3.8) is 0 Å². The van der Waals surface area contributed by atoms with E-state index >= 15 is 0 Å². The quantitative estimate of drug-likeness (QED) is 0.304. The summed E-state index contributed by atoms with van der Waals surface area (Å²) in [6.07, 6.45) is 5.12. The van der Waals surface area contributed by atoms with Gasteiger partial charge in [0.2, 0.25) is 5.70 Å². The molecule has 0 amide bonds. The van der Waals surface area contributed by atoms with Crippen LogP contribution in [0.25, 0.3) is 0 Å². The Morgan fingerprint density at radius 3 is 2.36 bits per heavy atom. The Bertz CT molecular complexity index is 352. The minimum Gasteiger partial charge on any atom is -0.259 e. The fourth-order valence-corrected chi connectivity index (χ4v) is 5.05. The fourth-order valence-electron chi connectivity index (χ4n) is 2.68. The summed E-state index contributed by atoms with van der Waals surface area (Å²) in [5.74, 6) is 0.490. The first-order valence-corrected chi connectivity index (χ1v) is 8.48. The molecule has 2 unspecified atom stereocenters. The van der Waals surface area contributed by atoms with E-state index in [4.69, 9.17) is 0 Å². The molecular formula is C10H15NO2Si. The third kappa shape index (κ3) is 1.25. The molecular weight excluding hydrogens is 194 g/mol. The van der Waals surface area contributed by atoms with Gasteiger partial charge in [0.05, 0.1) is 18.9 Å². The lowest BCUT2D eigenvalue weighted by atomic mass is 10.1. The van der Waals surface area contributed by atoms with Gasteiger partial charge in [0, 0.05) is 5.92 Å². The zero-order valence-electron chi connectivity index (χ0n) is 8.78. The highest BCUT2D eigenvalue weighted by atomic mass is 28.3. The van der Waals surface area contributed by atoms with Gasteiger partial charge in [-0.25, -0.2) is 0 Å². The maximum Gasteiger partial charge on any atom is 0.249 e. The van der Waals surface area contributed by atoms with Crippen LogP contribution in [0.5, 0.6) is 0 Å². The standard InChI is InChI=1S/C10H15NO2Si/c1-14(2,3)10-8-5-4-7(6-8)9(10)11(12)13/h4-5,7-8H,6H2,1-3H3. The van der Waals surface area contributed by atoms with Crippen LogP contribution in [0.15, 0.2) is 23.0 Å². The van der Waals surface area contributed by atoms with Gasteiger partial charge >= 0.3 is 0 Å². The summed E-state index contributed by atoms with van der Waals surface area (Å²) in [6.45, 7) is 6.58. The van der Waals surface area contributed by atoms with Crippen LogP contribution in [-0.2, 0) is 0 Å². The van der Waals surface area contributed by atoms with Crippen molar-refractivity contribution in [3.8, 4) is 0 Å². The second-order valence-corrected chi connectivity index (χ2v) is 10.2. The highest BCUT2D eigenvalue weighted by Gasteiger charge is 2.47. The molecule has 3 nitrogen and oxygen atoms in total. The molecule has 14 heavy (non-hydrogen) atoms. The topological polar surface area (TPSA) is 43.1 Å². The molecule has 2 atom stereocenters. The molecule has 0 saturated heterocycles. The fraction of sp³-hybridized carbons (Fsp3) is 0.600. The van der Waals surface area contributed by atoms with E-state index in [9.17, 15) is 10.1 Å². The van der Waals surface area contributed by atoms with Gasteiger partial charge in [-0.15, -0.1) is 0 Å². The number of nitro groups is 1. The van der Waals surface area contributed by atoms with Crippen molar-refractivity contribution < 1.29 is 4.92 Å². The van der Waals surface area contributed by atoms with Crippen LogP contribution in [0.2, 0.25) is 19.6 Å². The molecule has 0 radical (unpaired) electrons. The highest BCUT2D eigenvalue weighted by Crippen LogP contribution is 2.47. The maximum absolute atomic E-state index is 11.0. The first kappa shape index (κ1) is 9.64. The zero-order chi connectivity index (χ0) is 10.5. The average Bonchev–Trinajstić information content (AvgIpc) is 2.58. The molecule has 2 aliphatic rings. The monoisotopic (exact) mass is 209 g/mol. The lowest BCUT2D eigenvalue weighted by Gasteiger charge is -2.22. The molecule has 76 valence electrons. The predicted molar refractivity (Wildman–Crippen MR) is 58.1 cm³/mol. The van der Waals surface area contributed by atoms with E-state index in [0.29, 0.717) is 11.6 Å². The third-order valence-corrected chi connectivity index (χ3v) is 5.33. The second-order valence-electron chi connectivity index (χ2n) is 5.14. The van der Waals surface area contributed by atoms with Gasteiger partial charge in [-0.05, 0) is 11.6 Å². The van der Waals surface area contributed by atoms with Gasteiger partial charge in [0.1, 0.15) is 0 Å². The molecule has 0 N–H and O–H groups in total. The lowest BCUT2D eigenvalue weighted by Crippen LogP contribution is -2.29. The molecule has 2 aliphatic carbocycles. The van der Waals surface area contributed by atoms with Crippen LogP contribution in [0.4, 0.5) is 0 Å². The average molecular weight is 209 g/mol. The van der Waals surface area contributed by atoms with E-state index in [0.717, 1.165) is 6.42 Å². The van der Waals surface area contributed by atoms with Crippen molar-refractivity contribution in [1.29, 1.82) is 0 Å². The summed E-state index contributed by atoms with van der Waals surface area (Å²) in [6, 6.07) is 0. The van der Waals surface area contributed by atoms with E-state index in [1.54, 1.807) is 0 Å². The van der Waals surface area contributed by atoms with Crippen LogP contribution in [0.1, 0.15) is 6.42 Å². The van der Waals surface area contributed by atoms with Gasteiger partial charge in [0.15, 0.2) is 0 Å². The van der Waals surface area contributed by atoms with Crippen LogP contribution >= 0.6 is 0 Å². The van der Waals surface area contributed by atoms with E-state index < -0.39 is 8.07 Å². The van der Waals surface area contributed by atoms with Gasteiger partial charge in [-0.3, -0.25) is 10.1 Å². The number of hydrogen-bond donors (Lipinski definition) is 0. The summed E-state index contributed by atoms with van der Waals surface area (Å²) in [7, 11) is -1.52.